The lowest BCUT2D eigenvalue weighted by molar-refractivity contribution is 0.196. The highest BCUT2D eigenvalue weighted by Crippen LogP contribution is 2.42. The predicted octanol–water partition coefficient (Wildman–Crippen LogP) is 6.26. The van der Waals surface area contributed by atoms with Crippen molar-refractivity contribution in [1.29, 1.82) is 0 Å². The number of hydrogen-bond donors (Lipinski definition) is 0. The van der Waals surface area contributed by atoms with Crippen LogP contribution in [0, 0.1) is 6.92 Å². The van der Waals surface area contributed by atoms with E-state index in [9.17, 15) is 9.59 Å². The maximum absolute atomic E-state index is 12.1. The highest BCUT2D eigenvalue weighted by Gasteiger charge is 2.48. The second kappa shape index (κ2) is 8.89. The third-order valence-corrected chi connectivity index (χ3v) is 10.4. The molecule has 0 spiro atoms. The van der Waals surface area contributed by atoms with Crippen LogP contribution >= 0.6 is 0 Å². The van der Waals surface area contributed by atoms with Crippen molar-refractivity contribution in [2.24, 2.45) is 10.2 Å². The number of azo groups is 1. The number of carbonyl (C=O) groups is 2. The lowest BCUT2D eigenvalue weighted by atomic mass is 10.2. The Morgan fingerprint density at radius 1 is 0.840 bits per heavy atom. The first kappa shape index (κ1) is 21.0. The summed E-state index contributed by atoms with van der Waals surface area (Å²) in [7, 11) is -2.40. The zero-order valence-electron chi connectivity index (χ0n) is 16.1. The van der Waals surface area contributed by atoms with Crippen LogP contribution in [0.15, 0.2) is 34.5 Å². The number of hydrogen-bond acceptors (Lipinski definition) is 4. The summed E-state index contributed by atoms with van der Waals surface area (Å²) in [5.41, 5.74) is 1.73. The van der Waals surface area contributed by atoms with Gasteiger partial charge in [0.15, 0.2) is 0 Å². The molecule has 0 saturated heterocycles. The smallest absolute Gasteiger partial charge is 0.458 e. The van der Waals surface area contributed by atoms with Crippen LogP contribution in [0.2, 0.25) is 16.6 Å². The Hall–Kier alpha value is -2.02. The molecule has 0 aliphatic rings. The van der Waals surface area contributed by atoms with Gasteiger partial charge in [-0.05, 0) is 35.7 Å². The topological polar surface area (TPSA) is 77.3 Å². The van der Waals surface area contributed by atoms with Gasteiger partial charge in [0.25, 0.3) is 8.32 Å². The van der Waals surface area contributed by atoms with Gasteiger partial charge in [0, 0.05) is 0 Å². The molecular formula is C18H28N2O4Si. The van der Waals surface area contributed by atoms with E-state index < -0.39 is 20.5 Å². The quantitative estimate of drug-likeness (QED) is 0.456. The molecule has 0 aliphatic carbocycles. The van der Waals surface area contributed by atoms with E-state index in [1.165, 1.54) is 0 Å². The molecule has 7 heteroatoms. The van der Waals surface area contributed by atoms with Gasteiger partial charge in [-0.1, -0.05) is 69.5 Å². The van der Waals surface area contributed by atoms with E-state index in [0.717, 1.165) is 5.56 Å². The third-order valence-electron chi connectivity index (χ3n) is 4.41. The summed E-state index contributed by atoms with van der Waals surface area (Å²) in [5, 5.41) is 6.71. The van der Waals surface area contributed by atoms with Crippen LogP contribution in [-0.4, -0.2) is 20.5 Å². The molecule has 1 rings (SSSR count). The predicted molar refractivity (Wildman–Crippen MR) is 99.6 cm³/mol. The van der Waals surface area contributed by atoms with Crippen LogP contribution in [0.5, 0.6) is 5.75 Å². The molecule has 0 saturated carbocycles. The standard InChI is InChI=1S/C18H28N2O4Si/c1-12(2)25(13(3)4,14(5)6)24-18(22)20-19-17(21)23-16-10-8-15(7)9-11-16/h8-14H,1-7H3. The highest BCUT2D eigenvalue weighted by molar-refractivity contribution is 6.78. The van der Waals surface area contributed by atoms with Crippen molar-refractivity contribution >= 4 is 20.5 Å². The largest absolute Gasteiger partial charge is 0.500 e. The fourth-order valence-corrected chi connectivity index (χ4v) is 8.38. The summed E-state index contributed by atoms with van der Waals surface area (Å²) in [6.07, 6.45) is -1.78. The minimum Gasteiger partial charge on any atom is -0.500 e. The Labute approximate surface area is 150 Å². The molecule has 0 heterocycles. The van der Waals surface area contributed by atoms with E-state index >= 15 is 0 Å². The SMILES string of the molecule is Cc1ccc(OC(=O)N=NC(=O)O[Si](C(C)C)(C(C)C)C(C)C)cc1. The summed E-state index contributed by atoms with van der Waals surface area (Å²) >= 11 is 0. The van der Waals surface area contributed by atoms with E-state index in [0.29, 0.717) is 5.75 Å². The van der Waals surface area contributed by atoms with Crippen molar-refractivity contribution in [2.45, 2.75) is 65.1 Å². The van der Waals surface area contributed by atoms with Crippen molar-refractivity contribution in [3.63, 3.8) is 0 Å². The Morgan fingerprint density at radius 2 is 1.28 bits per heavy atom. The Kier molecular flexibility index (Phi) is 7.48. The third kappa shape index (κ3) is 5.49. The molecule has 138 valence electrons. The Bertz CT molecular complexity index is 603. The van der Waals surface area contributed by atoms with Crippen molar-refractivity contribution in [2.75, 3.05) is 0 Å². The number of rotatable bonds is 5. The summed E-state index contributed by atoms with van der Waals surface area (Å²) in [6.45, 7) is 14.3. The minimum absolute atomic E-state index is 0.228. The first-order valence-corrected chi connectivity index (χ1v) is 10.7. The Morgan fingerprint density at radius 3 is 1.72 bits per heavy atom. The van der Waals surface area contributed by atoms with Gasteiger partial charge in [0.05, 0.1) is 0 Å². The van der Waals surface area contributed by atoms with Crippen LogP contribution < -0.4 is 4.74 Å². The molecule has 25 heavy (non-hydrogen) atoms. The maximum Gasteiger partial charge on any atom is 0.458 e. The molecule has 0 radical (unpaired) electrons. The van der Waals surface area contributed by atoms with E-state index in [-0.39, 0.29) is 16.6 Å². The molecule has 2 amide bonds. The first-order chi connectivity index (χ1) is 11.6. The van der Waals surface area contributed by atoms with Crippen molar-refractivity contribution < 1.29 is 18.8 Å². The molecule has 0 N–H and O–H groups in total. The number of amides is 2. The second-order valence-electron chi connectivity index (χ2n) is 7.07. The van der Waals surface area contributed by atoms with Crippen LogP contribution in [-0.2, 0) is 4.43 Å². The normalized spacial score (nSPS) is 12.2. The van der Waals surface area contributed by atoms with Crippen LogP contribution in [0.1, 0.15) is 47.1 Å². The van der Waals surface area contributed by atoms with Gasteiger partial charge in [0.2, 0.25) is 0 Å². The second-order valence-corrected chi connectivity index (χ2v) is 12.4. The zero-order chi connectivity index (χ0) is 19.2. The van der Waals surface area contributed by atoms with Gasteiger partial charge in [-0.2, -0.15) is 0 Å². The van der Waals surface area contributed by atoms with Gasteiger partial charge >= 0.3 is 12.2 Å². The van der Waals surface area contributed by atoms with E-state index in [4.69, 9.17) is 9.16 Å². The number of nitrogens with zero attached hydrogens (tertiary/aromatic N) is 2. The van der Waals surface area contributed by atoms with Crippen molar-refractivity contribution in [3.8, 4) is 5.75 Å². The number of carbonyl (C=O) groups excluding carboxylic acids is 2. The van der Waals surface area contributed by atoms with E-state index in [1.807, 2.05) is 19.1 Å². The molecule has 0 unspecified atom stereocenters. The van der Waals surface area contributed by atoms with Gasteiger partial charge in [0.1, 0.15) is 5.75 Å². The highest BCUT2D eigenvalue weighted by atomic mass is 28.4. The molecule has 1 aromatic carbocycles. The van der Waals surface area contributed by atoms with Gasteiger partial charge in [-0.25, -0.2) is 9.59 Å². The summed E-state index contributed by atoms with van der Waals surface area (Å²) in [4.78, 5) is 23.8. The van der Waals surface area contributed by atoms with Crippen molar-refractivity contribution in [3.05, 3.63) is 29.8 Å². The monoisotopic (exact) mass is 364 g/mol. The molecule has 0 fully saturated rings. The fourth-order valence-electron chi connectivity index (χ4n) is 3.33. The minimum atomic E-state index is -2.40. The van der Waals surface area contributed by atoms with Crippen LogP contribution in [0.3, 0.4) is 0 Å². The fraction of sp³-hybridized carbons (Fsp3) is 0.556. The lowest BCUT2D eigenvalue weighted by Crippen LogP contribution is -2.48. The number of benzene rings is 1. The molecule has 0 aromatic heterocycles. The lowest BCUT2D eigenvalue weighted by Gasteiger charge is -2.40. The number of aryl methyl sites for hydroxylation is 1. The molecule has 0 atom stereocenters. The summed E-state index contributed by atoms with van der Waals surface area (Å²) < 4.78 is 10.8. The van der Waals surface area contributed by atoms with Gasteiger partial charge < -0.3 is 9.16 Å². The van der Waals surface area contributed by atoms with E-state index in [1.54, 1.807) is 12.1 Å². The maximum atomic E-state index is 12.1. The number of ether oxygens (including phenoxy) is 1. The average molecular weight is 365 g/mol. The molecule has 0 aliphatic heterocycles. The zero-order valence-corrected chi connectivity index (χ0v) is 17.1. The van der Waals surface area contributed by atoms with Crippen LogP contribution in [0.25, 0.3) is 0 Å². The van der Waals surface area contributed by atoms with Crippen molar-refractivity contribution in [1.82, 2.24) is 0 Å². The summed E-state index contributed by atoms with van der Waals surface area (Å²) in [6, 6.07) is 6.91. The van der Waals surface area contributed by atoms with Gasteiger partial charge in [-0.15, -0.1) is 0 Å². The average Bonchev–Trinajstić information content (AvgIpc) is 2.51. The van der Waals surface area contributed by atoms with Gasteiger partial charge in [-0.3, -0.25) is 0 Å². The molecule has 0 bridgehead atoms. The van der Waals surface area contributed by atoms with E-state index in [2.05, 4.69) is 51.8 Å². The molecular weight excluding hydrogens is 336 g/mol. The molecule has 1 aromatic rings. The molecule has 6 nitrogen and oxygen atoms in total. The summed E-state index contributed by atoms with van der Waals surface area (Å²) in [5.74, 6) is 0.346. The first-order valence-electron chi connectivity index (χ1n) is 8.52. The van der Waals surface area contributed by atoms with Crippen LogP contribution in [0.4, 0.5) is 9.59 Å². The Balaban J connectivity index is 2.77.